The standard InChI is InChI=1S/C15H14BrF3N2O5/c1-25-14(24)11-7-21(2-3-22)13(23)12(11)20-9-4-8(16)5-10(6-9)26-15(17,18)19/h4-6,20,22H,2-3,7H2,1H3. The Labute approximate surface area is 154 Å². The Bertz CT molecular complexity index is 751. The molecule has 142 valence electrons. The fraction of sp³-hybridized carbons (Fsp3) is 0.333. The minimum atomic E-state index is -4.88. The van der Waals surface area contributed by atoms with Crippen LogP contribution in [0.25, 0.3) is 0 Å². The summed E-state index contributed by atoms with van der Waals surface area (Å²) in [5.41, 5.74) is -0.0419. The van der Waals surface area contributed by atoms with Gasteiger partial charge in [0.15, 0.2) is 0 Å². The van der Waals surface area contributed by atoms with Crippen LogP contribution in [0.2, 0.25) is 0 Å². The van der Waals surface area contributed by atoms with Crippen LogP contribution in [0.4, 0.5) is 18.9 Å². The maximum Gasteiger partial charge on any atom is 0.573 e. The number of aliphatic hydroxyl groups excluding tert-OH is 1. The van der Waals surface area contributed by atoms with Crippen molar-refractivity contribution in [1.82, 2.24) is 4.90 Å². The van der Waals surface area contributed by atoms with E-state index in [9.17, 15) is 22.8 Å². The van der Waals surface area contributed by atoms with Crippen molar-refractivity contribution in [3.05, 3.63) is 33.9 Å². The van der Waals surface area contributed by atoms with Gasteiger partial charge in [0.2, 0.25) is 0 Å². The number of carbonyl (C=O) groups excluding carboxylic acids is 2. The predicted octanol–water partition coefficient (Wildman–Crippen LogP) is 2.02. The van der Waals surface area contributed by atoms with Gasteiger partial charge in [-0.2, -0.15) is 0 Å². The monoisotopic (exact) mass is 438 g/mol. The van der Waals surface area contributed by atoms with Crippen LogP contribution in [0, 0.1) is 0 Å². The normalized spacial score (nSPS) is 14.7. The highest BCUT2D eigenvalue weighted by atomic mass is 79.9. The third-order valence-electron chi connectivity index (χ3n) is 3.33. The van der Waals surface area contributed by atoms with E-state index in [0.717, 1.165) is 19.2 Å². The smallest absolute Gasteiger partial charge is 0.466 e. The van der Waals surface area contributed by atoms with Gasteiger partial charge < -0.3 is 24.8 Å². The number of nitrogens with one attached hydrogen (secondary N) is 1. The molecule has 1 aliphatic heterocycles. The highest BCUT2D eigenvalue weighted by Crippen LogP contribution is 2.31. The second-order valence-corrected chi connectivity index (χ2v) is 6.06. The van der Waals surface area contributed by atoms with E-state index >= 15 is 0 Å². The van der Waals surface area contributed by atoms with Crippen molar-refractivity contribution in [3.8, 4) is 5.75 Å². The molecule has 0 bridgehead atoms. The summed E-state index contributed by atoms with van der Waals surface area (Å²) in [6.07, 6.45) is -4.88. The molecule has 0 aromatic heterocycles. The van der Waals surface area contributed by atoms with Crippen LogP contribution < -0.4 is 10.1 Å². The first-order valence-corrected chi connectivity index (χ1v) is 7.99. The molecule has 0 unspecified atom stereocenters. The maximum atomic E-state index is 12.4. The summed E-state index contributed by atoms with van der Waals surface area (Å²) >= 11 is 3.06. The average Bonchev–Trinajstić information content (AvgIpc) is 2.82. The van der Waals surface area contributed by atoms with E-state index in [1.54, 1.807) is 0 Å². The van der Waals surface area contributed by atoms with E-state index in [1.807, 2.05) is 0 Å². The van der Waals surface area contributed by atoms with Crippen molar-refractivity contribution in [1.29, 1.82) is 0 Å². The minimum Gasteiger partial charge on any atom is -0.466 e. The first kappa shape index (κ1) is 20.0. The van der Waals surface area contributed by atoms with Crippen molar-refractivity contribution < 1.29 is 37.3 Å². The molecule has 0 atom stereocenters. The second-order valence-electron chi connectivity index (χ2n) is 5.14. The Morgan fingerprint density at radius 1 is 1.38 bits per heavy atom. The Morgan fingerprint density at radius 2 is 2.08 bits per heavy atom. The molecule has 1 aliphatic rings. The minimum absolute atomic E-state index is 0.00390. The first-order chi connectivity index (χ1) is 12.1. The topological polar surface area (TPSA) is 88.1 Å². The molecule has 11 heteroatoms. The molecule has 1 aromatic carbocycles. The number of esters is 1. The Balaban J connectivity index is 2.34. The van der Waals surface area contributed by atoms with Gasteiger partial charge >= 0.3 is 12.3 Å². The van der Waals surface area contributed by atoms with Crippen LogP contribution >= 0.6 is 15.9 Å². The molecule has 0 saturated carbocycles. The fourth-order valence-electron chi connectivity index (χ4n) is 2.32. The van der Waals surface area contributed by atoms with Gasteiger partial charge in [-0.1, -0.05) is 15.9 Å². The lowest BCUT2D eigenvalue weighted by Crippen LogP contribution is -2.31. The number of amides is 1. The van der Waals surface area contributed by atoms with Gasteiger partial charge in [0.1, 0.15) is 11.4 Å². The molecule has 0 radical (unpaired) electrons. The summed E-state index contributed by atoms with van der Waals surface area (Å²) in [7, 11) is 1.14. The maximum absolute atomic E-state index is 12.4. The highest BCUT2D eigenvalue weighted by molar-refractivity contribution is 9.10. The van der Waals surface area contributed by atoms with Gasteiger partial charge in [-0.25, -0.2) is 4.79 Å². The molecular formula is C15H14BrF3N2O5. The average molecular weight is 439 g/mol. The summed E-state index contributed by atoms with van der Waals surface area (Å²) in [6, 6.07) is 3.54. The number of rotatable bonds is 6. The SMILES string of the molecule is COC(=O)C1=C(Nc2cc(Br)cc(OC(F)(F)F)c2)C(=O)N(CCO)C1. The number of aliphatic hydroxyl groups is 1. The number of anilines is 1. The first-order valence-electron chi connectivity index (χ1n) is 7.19. The molecule has 1 heterocycles. The zero-order valence-electron chi connectivity index (χ0n) is 13.4. The van der Waals surface area contributed by atoms with Crippen LogP contribution in [0.3, 0.4) is 0 Å². The number of methoxy groups -OCH3 is 1. The molecule has 0 fully saturated rings. The molecule has 26 heavy (non-hydrogen) atoms. The van der Waals surface area contributed by atoms with Crippen LogP contribution in [0.1, 0.15) is 0 Å². The van der Waals surface area contributed by atoms with Crippen molar-refractivity contribution in [3.63, 3.8) is 0 Å². The second kappa shape index (κ2) is 7.96. The molecular weight excluding hydrogens is 425 g/mol. The summed E-state index contributed by atoms with van der Waals surface area (Å²) in [5, 5.41) is 11.6. The summed E-state index contributed by atoms with van der Waals surface area (Å²) in [4.78, 5) is 25.5. The summed E-state index contributed by atoms with van der Waals surface area (Å²) < 4.78 is 46.0. The molecule has 0 spiro atoms. The highest BCUT2D eigenvalue weighted by Gasteiger charge is 2.35. The Morgan fingerprint density at radius 3 is 2.65 bits per heavy atom. The molecule has 1 aromatic rings. The van der Waals surface area contributed by atoms with E-state index < -0.39 is 24.0 Å². The lowest BCUT2D eigenvalue weighted by molar-refractivity contribution is -0.274. The number of hydrogen-bond donors (Lipinski definition) is 2. The fourth-order valence-corrected chi connectivity index (χ4v) is 2.79. The van der Waals surface area contributed by atoms with Gasteiger partial charge in [0.05, 0.1) is 25.8 Å². The van der Waals surface area contributed by atoms with Crippen LogP contribution in [0.5, 0.6) is 5.75 Å². The van der Waals surface area contributed by atoms with Crippen molar-refractivity contribution >= 4 is 33.5 Å². The number of benzene rings is 1. The van der Waals surface area contributed by atoms with Gasteiger partial charge in [0, 0.05) is 22.8 Å². The number of ether oxygens (including phenoxy) is 2. The third kappa shape index (κ3) is 4.88. The number of β-amino-alcohol motifs (C(OH)–C–C–N with tert-alkyl or cyclic N) is 1. The van der Waals surface area contributed by atoms with Crippen LogP contribution in [0.15, 0.2) is 33.9 Å². The number of nitrogens with zero attached hydrogens (tertiary/aromatic N) is 1. The zero-order valence-corrected chi connectivity index (χ0v) is 15.0. The molecule has 2 N–H and O–H groups in total. The zero-order chi connectivity index (χ0) is 19.5. The molecule has 1 amide bonds. The van der Waals surface area contributed by atoms with E-state index in [1.165, 1.54) is 11.0 Å². The Kier molecular flexibility index (Phi) is 6.13. The van der Waals surface area contributed by atoms with E-state index in [-0.39, 0.29) is 41.1 Å². The van der Waals surface area contributed by atoms with Crippen molar-refractivity contribution in [2.75, 3.05) is 32.1 Å². The van der Waals surface area contributed by atoms with Gasteiger partial charge in [-0.15, -0.1) is 13.2 Å². The third-order valence-corrected chi connectivity index (χ3v) is 3.79. The van der Waals surface area contributed by atoms with E-state index in [4.69, 9.17) is 5.11 Å². The van der Waals surface area contributed by atoms with Gasteiger partial charge in [-0.3, -0.25) is 4.79 Å². The molecule has 0 saturated heterocycles. The number of alkyl halides is 3. The number of carbonyl (C=O) groups is 2. The summed E-state index contributed by atoms with van der Waals surface area (Å²) in [6.45, 7) is -0.409. The number of halogens is 4. The summed E-state index contributed by atoms with van der Waals surface area (Å²) in [5.74, 6) is -1.85. The van der Waals surface area contributed by atoms with E-state index in [2.05, 4.69) is 30.7 Å². The Hall–Kier alpha value is -2.27. The molecule has 7 nitrogen and oxygen atoms in total. The van der Waals surface area contributed by atoms with Gasteiger partial charge in [-0.05, 0) is 12.1 Å². The largest absolute Gasteiger partial charge is 0.573 e. The lowest BCUT2D eigenvalue weighted by atomic mass is 10.2. The van der Waals surface area contributed by atoms with Crippen LogP contribution in [-0.2, 0) is 14.3 Å². The number of hydrogen-bond acceptors (Lipinski definition) is 6. The van der Waals surface area contributed by atoms with Crippen LogP contribution in [-0.4, -0.2) is 55.1 Å². The lowest BCUT2D eigenvalue weighted by Gasteiger charge is -2.15. The van der Waals surface area contributed by atoms with Crippen molar-refractivity contribution in [2.24, 2.45) is 0 Å². The predicted molar refractivity (Wildman–Crippen MR) is 87.2 cm³/mol. The van der Waals surface area contributed by atoms with E-state index in [0.29, 0.717) is 0 Å². The quantitative estimate of drug-likeness (QED) is 0.660. The molecule has 0 aliphatic carbocycles. The molecule has 2 rings (SSSR count). The van der Waals surface area contributed by atoms with Crippen molar-refractivity contribution in [2.45, 2.75) is 6.36 Å². The van der Waals surface area contributed by atoms with Gasteiger partial charge in [0.25, 0.3) is 5.91 Å².